The van der Waals surface area contributed by atoms with Crippen LogP contribution in [-0.4, -0.2) is 19.1 Å². The molecule has 4 nitrogen and oxygen atoms in total. The maximum absolute atomic E-state index is 5.07. The summed E-state index contributed by atoms with van der Waals surface area (Å²) in [4.78, 5) is 10.1. The summed E-state index contributed by atoms with van der Waals surface area (Å²) in [6.45, 7) is 4.24. The summed E-state index contributed by atoms with van der Waals surface area (Å²) in [7, 11) is 0. The van der Waals surface area contributed by atoms with Crippen LogP contribution in [0.1, 0.15) is 33.9 Å². The molecule has 1 spiro atoms. The van der Waals surface area contributed by atoms with Gasteiger partial charge in [0.05, 0.1) is 38.9 Å². The SMILES string of the molecule is Cc1nc2ccccc2n1-c1cccc2c(-c3cccc4c3-c3c(ccc5ccccc35)C43c4ccccc4-c4ccccc43)c3cccc(-n4c(C)nc5ccccc54)c3cc12. The van der Waals surface area contributed by atoms with E-state index in [9.17, 15) is 0 Å². The lowest BCUT2D eigenvalue weighted by Gasteiger charge is -2.30. The first kappa shape index (κ1) is 34.6. The number of aromatic nitrogens is 4. The van der Waals surface area contributed by atoms with E-state index in [0.717, 1.165) is 45.1 Å². The Labute approximate surface area is 364 Å². The molecule has 0 bridgehead atoms. The molecule has 63 heavy (non-hydrogen) atoms. The smallest absolute Gasteiger partial charge is 0.111 e. The van der Waals surface area contributed by atoms with Crippen LogP contribution in [0, 0.1) is 13.8 Å². The first-order valence-electron chi connectivity index (χ1n) is 21.8. The van der Waals surface area contributed by atoms with E-state index in [0.29, 0.717) is 0 Å². The van der Waals surface area contributed by atoms with Gasteiger partial charge >= 0.3 is 0 Å². The Bertz CT molecular complexity index is 3770. The standard InChI is InChI=1S/C59H38N4/c1-35-60-50-26-9-11-28-54(50)62(35)52-30-14-20-41-44(52)34-45-42(21-15-31-53(45)63-36(2)61-51-27-10-12-29-55(51)63)56(41)43-22-13-25-48-58(43)57-38-17-4-3-16-37(38)32-33-49(57)59(48)46-23-7-5-18-39(46)40-19-6-8-24-47(40)59/h3-34H,1-2H3. The highest BCUT2D eigenvalue weighted by Gasteiger charge is 2.52. The Morgan fingerprint density at radius 2 is 0.825 bits per heavy atom. The number of nitrogens with zero attached hydrogens (tertiary/aromatic N) is 4. The highest BCUT2D eigenvalue weighted by atomic mass is 15.1. The molecule has 0 unspecified atom stereocenters. The number of hydrogen-bond acceptors (Lipinski definition) is 2. The maximum atomic E-state index is 5.07. The number of hydrogen-bond donors (Lipinski definition) is 0. The van der Waals surface area contributed by atoms with Gasteiger partial charge in [0.2, 0.25) is 0 Å². The van der Waals surface area contributed by atoms with E-state index in [1.54, 1.807) is 0 Å². The van der Waals surface area contributed by atoms with Gasteiger partial charge in [-0.2, -0.15) is 0 Å². The molecule has 0 saturated carbocycles. The fraction of sp³-hybridized carbons (Fsp3) is 0.0508. The van der Waals surface area contributed by atoms with Crippen molar-refractivity contribution >= 4 is 54.4 Å². The molecule has 10 aromatic carbocycles. The van der Waals surface area contributed by atoms with E-state index >= 15 is 0 Å². The Morgan fingerprint density at radius 3 is 1.46 bits per heavy atom. The van der Waals surface area contributed by atoms with E-state index in [4.69, 9.17) is 9.97 Å². The molecule has 14 rings (SSSR count). The molecular weight excluding hydrogens is 765 g/mol. The number of benzene rings is 10. The highest BCUT2D eigenvalue weighted by molar-refractivity contribution is 6.20. The molecule has 0 aliphatic heterocycles. The molecule has 0 N–H and O–H groups in total. The molecule has 294 valence electrons. The summed E-state index contributed by atoms with van der Waals surface area (Å²) >= 11 is 0. The topological polar surface area (TPSA) is 35.6 Å². The monoisotopic (exact) mass is 802 g/mol. The zero-order valence-electron chi connectivity index (χ0n) is 34.8. The van der Waals surface area contributed by atoms with Crippen LogP contribution >= 0.6 is 0 Å². The predicted octanol–water partition coefficient (Wildman–Crippen LogP) is 14.5. The fourth-order valence-electron chi connectivity index (χ4n) is 11.9. The molecule has 0 amide bonds. The second kappa shape index (κ2) is 12.5. The highest BCUT2D eigenvalue weighted by Crippen LogP contribution is 2.65. The van der Waals surface area contributed by atoms with E-state index in [-0.39, 0.29) is 0 Å². The average molecular weight is 803 g/mol. The van der Waals surface area contributed by atoms with Gasteiger partial charge in [0.1, 0.15) is 11.6 Å². The third-order valence-corrected chi connectivity index (χ3v) is 14.2. The third kappa shape index (κ3) is 4.39. The number of imidazole rings is 2. The molecule has 2 aromatic heterocycles. The molecule has 0 fully saturated rings. The van der Waals surface area contributed by atoms with Crippen LogP contribution in [-0.2, 0) is 5.41 Å². The molecule has 2 aliphatic carbocycles. The average Bonchev–Trinajstić information content (AvgIpc) is 4.04. The van der Waals surface area contributed by atoms with Crippen LogP contribution in [0.15, 0.2) is 194 Å². The van der Waals surface area contributed by atoms with Crippen LogP contribution in [0.2, 0.25) is 0 Å². The number of para-hydroxylation sites is 4. The van der Waals surface area contributed by atoms with Crippen LogP contribution in [0.25, 0.3) is 99.1 Å². The van der Waals surface area contributed by atoms with Gasteiger partial charge in [0.25, 0.3) is 0 Å². The summed E-state index contributed by atoms with van der Waals surface area (Å²) in [5.74, 6) is 1.91. The van der Waals surface area contributed by atoms with Crippen molar-refractivity contribution in [2.45, 2.75) is 19.3 Å². The van der Waals surface area contributed by atoms with Crippen molar-refractivity contribution in [1.29, 1.82) is 0 Å². The maximum Gasteiger partial charge on any atom is 0.111 e. The van der Waals surface area contributed by atoms with Crippen molar-refractivity contribution in [3.63, 3.8) is 0 Å². The molecule has 2 heterocycles. The summed E-state index contributed by atoms with van der Waals surface area (Å²) in [5, 5.41) is 7.25. The Balaban J connectivity index is 1.18. The van der Waals surface area contributed by atoms with Crippen LogP contribution < -0.4 is 0 Å². The van der Waals surface area contributed by atoms with Crippen molar-refractivity contribution in [2.75, 3.05) is 0 Å². The fourth-order valence-corrected chi connectivity index (χ4v) is 11.9. The van der Waals surface area contributed by atoms with Gasteiger partial charge in [-0.1, -0.05) is 152 Å². The van der Waals surface area contributed by atoms with Crippen molar-refractivity contribution in [2.24, 2.45) is 0 Å². The Hall–Kier alpha value is -8.08. The van der Waals surface area contributed by atoms with Gasteiger partial charge < -0.3 is 0 Å². The quantitative estimate of drug-likeness (QED) is 0.167. The second-order valence-electron chi connectivity index (χ2n) is 17.2. The van der Waals surface area contributed by atoms with E-state index < -0.39 is 5.41 Å². The normalized spacial score (nSPS) is 13.4. The molecule has 0 radical (unpaired) electrons. The van der Waals surface area contributed by atoms with Crippen molar-refractivity contribution in [3.8, 4) is 44.8 Å². The molecular formula is C59H38N4. The van der Waals surface area contributed by atoms with E-state index in [2.05, 4.69) is 217 Å². The van der Waals surface area contributed by atoms with Crippen molar-refractivity contribution in [3.05, 3.63) is 228 Å². The second-order valence-corrected chi connectivity index (χ2v) is 17.2. The number of aryl methyl sites for hydroxylation is 2. The van der Waals surface area contributed by atoms with Gasteiger partial charge in [-0.25, -0.2) is 9.97 Å². The van der Waals surface area contributed by atoms with E-state index in [1.165, 1.54) is 88.0 Å². The number of rotatable bonds is 3. The van der Waals surface area contributed by atoms with E-state index in [1.807, 2.05) is 0 Å². The lowest BCUT2D eigenvalue weighted by molar-refractivity contribution is 0.794. The Morgan fingerprint density at radius 1 is 0.349 bits per heavy atom. The number of fused-ring (bicyclic) bond motifs is 16. The summed E-state index contributed by atoms with van der Waals surface area (Å²) < 4.78 is 4.68. The predicted molar refractivity (Wildman–Crippen MR) is 259 cm³/mol. The van der Waals surface area contributed by atoms with Gasteiger partial charge in [-0.15, -0.1) is 0 Å². The molecule has 12 aromatic rings. The minimum absolute atomic E-state index is 0.492. The van der Waals surface area contributed by atoms with Gasteiger partial charge in [-0.05, 0) is 133 Å². The minimum Gasteiger partial charge on any atom is -0.296 e. The lowest BCUT2D eigenvalue weighted by Crippen LogP contribution is -2.25. The minimum atomic E-state index is -0.492. The molecule has 2 aliphatic rings. The van der Waals surface area contributed by atoms with Gasteiger partial charge in [0, 0.05) is 10.8 Å². The van der Waals surface area contributed by atoms with Crippen molar-refractivity contribution in [1.82, 2.24) is 19.1 Å². The van der Waals surface area contributed by atoms with Crippen LogP contribution in [0.4, 0.5) is 0 Å². The van der Waals surface area contributed by atoms with Gasteiger partial charge in [0.15, 0.2) is 0 Å². The molecule has 0 saturated heterocycles. The van der Waals surface area contributed by atoms with Crippen molar-refractivity contribution < 1.29 is 0 Å². The first-order valence-corrected chi connectivity index (χ1v) is 21.8. The van der Waals surface area contributed by atoms with Crippen LogP contribution in [0.5, 0.6) is 0 Å². The third-order valence-electron chi connectivity index (χ3n) is 14.2. The largest absolute Gasteiger partial charge is 0.296 e. The summed E-state index contributed by atoms with van der Waals surface area (Å²) in [5.41, 5.74) is 18.9. The first-order chi connectivity index (χ1) is 31.1. The van der Waals surface area contributed by atoms with Crippen LogP contribution in [0.3, 0.4) is 0 Å². The molecule has 4 heteroatoms. The van der Waals surface area contributed by atoms with Gasteiger partial charge in [-0.3, -0.25) is 9.13 Å². The summed E-state index contributed by atoms with van der Waals surface area (Å²) in [6, 6.07) is 72.1. The lowest BCUT2D eigenvalue weighted by atomic mass is 9.70. The zero-order chi connectivity index (χ0) is 41.6. The summed E-state index contributed by atoms with van der Waals surface area (Å²) in [6.07, 6.45) is 0. The zero-order valence-corrected chi connectivity index (χ0v) is 34.8. The Kier molecular flexibility index (Phi) is 6.87. The molecule has 0 atom stereocenters.